The van der Waals surface area contributed by atoms with Gasteiger partial charge in [-0.3, -0.25) is 0 Å². The van der Waals surface area contributed by atoms with Crippen molar-refractivity contribution in [3.63, 3.8) is 0 Å². The summed E-state index contributed by atoms with van der Waals surface area (Å²) >= 11 is 0. The van der Waals surface area contributed by atoms with Gasteiger partial charge in [-0.05, 0) is 65.2 Å². The van der Waals surface area contributed by atoms with Gasteiger partial charge in [-0.25, -0.2) is 0 Å². The number of fused-ring (bicyclic) bond motifs is 2. The van der Waals surface area contributed by atoms with Crippen LogP contribution < -0.4 is 0 Å². The molecule has 1 saturated heterocycles. The molecular formula is C16H29BO2. The van der Waals surface area contributed by atoms with Gasteiger partial charge >= 0.3 is 7.12 Å². The fourth-order valence-electron chi connectivity index (χ4n) is 4.66. The van der Waals surface area contributed by atoms with E-state index in [9.17, 15) is 0 Å². The smallest absolute Gasteiger partial charge is 0.403 e. The van der Waals surface area contributed by atoms with Crippen molar-refractivity contribution >= 4 is 7.12 Å². The summed E-state index contributed by atoms with van der Waals surface area (Å²) < 4.78 is 12.8. The van der Waals surface area contributed by atoms with Crippen molar-refractivity contribution in [3.8, 4) is 0 Å². The summed E-state index contributed by atoms with van der Waals surface area (Å²) in [6.07, 6.45) is 8.12. The number of hydrogen-bond donors (Lipinski definition) is 0. The van der Waals surface area contributed by atoms with Crippen molar-refractivity contribution in [2.75, 3.05) is 0 Å². The standard InChI is InChI=1S/C16H29BO2/c1-12-9-13-7-6-8-16(10-12,11-13)17-18-14(2,3)15(4,5)19-17/h12-13H,6-11H2,1-5H3. The van der Waals surface area contributed by atoms with Gasteiger partial charge < -0.3 is 9.31 Å². The van der Waals surface area contributed by atoms with E-state index in [1.807, 2.05) is 0 Å². The predicted octanol–water partition coefficient (Wildman–Crippen LogP) is 4.44. The summed E-state index contributed by atoms with van der Waals surface area (Å²) in [5.41, 5.74) is -0.361. The average Bonchev–Trinajstić information content (AvgIpc) is 2.47. The minimum atomic E-state index is -0.181. The molecular weight excluding hydrogens is 235 g/mol. The fraction of sp³-hybridized carbons (Fsp3) is 1.00. The molecule has 3 heteroatoms. The molecule has 3 atom stereocenters. The van der Waals surface area contributed by atoms with Crippen LogP contribution in [0.25, 0.3) is 0 Å². The molecule has 0 spiro atoms. The molecule has 0 aromatic carbocycles. The van der Waals surface area contributed by atoms with Gasteiger partial charge in [0.1, 0.15) is 0 Å². The molecule has 19 heavy (non-hydrogen) atoms. The first-order valence-electron chi connectivity index (χ1n) is 8.10. The zero-order valence-electron chi connectivity index (χ0n) is 13.3. The maximum atomic E-state index is 6.41. The van der Waals surface area contributed by atoms with Crippen molar-refractivity contribution in [1.82, 2.24) is 0 Å². The third kappa shape index (κ3) is 2.17. The van der Waals surface area contributed by atoms with Crippen molar-refractivity contribution in [2.24, 2.45) is 11.8 Å². The van der Waals surface area contributed by atoms with E-state index < -0.39 is 0 Å². The van der Waals surface area contributed by atoms with Crippen molar-refractivity contribution < 1.29 is 9.31 Å². The van der Waals surface area contributed by atoms with E-state index in [0.29, 0.717) is 5.31 Å². The van der Waals surface area contributed by atoms with Crippen LogP contribution in [0.3, 0.4) is 0 Å². The highest BCUT2D eigenvalue weighted by Crippen LogP contribution is 2.60. The molecule has 0 aromatic heterocycles. The lowest BCUT2D eigenvalue weighted by Crippen LogP contribution is -2.44. The van der Waals surface area contributed by atoms with E-state index in [-0.39, 0.29) is 18.3 Å². The summed E-state index contributed by atoms with van der Waals surface area (Å²) in [6, 6.07) is 0. The molecule has 2 saturated carbocycles. The van der Waals surface area contributed by atoms with Crippen molar-refractivity contribution in [3.05, 3.63) is 0 Å². The molecule has 3 unspecified atom stereocenters. The summed E-state index contributed by atoms with van der Waals surface area (Å²) in [5.74, 6) is 1.74. The van der Waals surface area contributed by atoms with Crippen LogP contribution in [0.1, 0.15) is 73.1 Å². The van der Waals surface area contributed by atoms with E-state index in [1.54, 1.807) is 0 Å². The molecule has 1 aliphatic heterocycles. The van der Waals surface area contributed by atoms with Gasteiger partial charge in [0.25, 0.3) is 0 Å². The van der Waals surface area contributed by atoms with Gasteiger partial charge in [0.15, 0.2) is 0 Å². The molecule has 1 heterocycles. The van der Waals surface area contributed by atoms with Gasteiger partial charge in [0.2, 0.25) is 0 Å². The minimum absolute atomic E-state index is 0.0167. The average molecular weight is 264 g/mol. The van der Waals surface area contributed by atoms with E-state index >= 15 is 0 Å². The Morgan fingerprint density at radius 2 is 1.63 bits per heavy atom. The van der Waals surface area contributed by atoms with Crippen LogP contribution in [-0.4, -0.2) is 18.3 Å². The van der Waals surface area contributed by atoms with Crippen LogP contribution >= 0.6 is 0 Å². The summed E-state index contributed by atoms with van der Waals surface area (Å²) in [6.45, 7) is 11.1. The normalized spacial score (nSPS) is 44.4. The molecule has 2 bridgehead atoms. The van der Waals surface area contributed by atoms with Gasteiger partial charge in [-0.1, -0.05) is 19.8 Å². The summed E-state index contributed by atoms with van der Waals surface area (Å²) in [7, 11) is 0.0167. The second-order valence-electron chi connectivity index (χ2n) is 8.46. The highest BCUT2D eigenvalue weighted by molar-refractivity contribution is 6.49. The maximum Gasteiger partial charge on any atom is 0.464 e. The Kier molecular flexibility index (Phi) is 3.11. The molecule has 3 rings (SSSR count). The number of rotatable bonds is 1. The Morgan fingerprint density at radius 3 is 2.26 bits per heavy atom. The highest BCUT2D eigenvalue weighted by atomic mass is 16.7. The zero-order chi connectivity index (χ0) is 13.9. The monoisotopic (exact) mass is 264 g/mol. The lowest BCUT2D eigenvalue weighted by molar-refractivity contribution is 0.00578. The molecule has 108 valence electrons. The van der Waals surface area contributed by atoms with E-state index in [4.69, 9.17) is 9.31 Å². The fourth-order valence-corrected chi connectivity index (χ4v) is 4.66. The summed E-state index contributed by atoms with van der Waals surface area (Å²) in [5, 5.41) is 0.297. The number of hydrogen-bond acceptors (Lipinski definition) is 2. The van der Waals surface area contributed by atoms with Crippen LogP contribution in [-0.2, 0) is 9.31 Å². The SMILES string of the molecule is CC1CC2CCCC(B3OC(C)(C)C(C)(C)O3)(C1)C2. The first-order chi connectivity index (χ1) is 8.74. The molecule has 0 amide bonds. The topological polar surface area (TPSA) is 18.5 Å². The molecule has 2 nitrogen and oxygen atoms in total. The van der Waals surface area contributed by atoms with E-state index in [1.165, 1.54) is 38.5 Å². The quantitative estimate of drug-likeness (QED) is 0.652. The van der Waals surface area contributed by atoms with Gasteiger partial charge in [-0.15, -0.1) is 0 Å². The van der Waals surface area contributed by atoms with Crippen LogP contribution in [0, 0.1) is 11.8 Å². The lowest BCUT2D eigenvalue weighted by Gasteiger charge is -2.48. The van der Waals surface area contributed by atoms with E-state index in [0.717, 1.165) is 11.8 Å². The van der Waals surface area contributed by atoms with Crippen LogP contribution in [0.5, 0.6) is 0 Å². The third-order valence-corrected chi connectivity index (χ3v) is 6.23. The highest BCUT2D eigenvalue weighted by Gasteiger charge is 2.61. The second kappa shape index (κ2) is 4.24. The van der Waals surface area contributed by atoms with Crippen LogP contribution in [0.4, 0.5) is 0 Å². The Hall–Kier alpha value is -0.0151. The van der Waals surface area contributed by atoms with Crippen molar-refractivity contribution in [2.45, 2.75) is 89.7 Å². The molecule has 3 aliphatic rings. The Morgan fingerprint density at radius 1 is 1.00 bits per heavy atom. The largest absolute Gasteiger partial charge is 0.464 e. The lowest BCUT2D eigenvalue weighted by atomic mass is 9.44. The van der Waals surface area contributed by atoms with Gasteiger partial charge in [0.05, 0.1) is 11.2 Å². The molecule has 0 radical (unpaired) electrons. The molecule has 0 N–H and O–H groups in total. The second-order valence-corrected chi connectivity index (χ2v) is 8.46. The van der Waals surface area contributed by atoms with Crippen LogP contribution in [0.15, 0.2) is 0 Å². The molecule has 0 aromatic rings. The zero-order valence-corrected chi connectivity index (χ0v) is 13.3. The molecule has 3 fully saturated rings. The maximum absolute atomic E-state index is 6.41. The first-order valence-corrected chi connectivity index (χ1v) is 8.10. The van der Waals surface area contributed by atoms with Gasteiger partial charge in [0, 0.05) is 5.31 Å². The molecule has 2 aliphatic carbocycles. The Balaban J connectivity index is 1.85. The Labute approximate surface area is 118 Å². The van der Waals surface area contributed by atoms with Crippen molar-refractivity contribution in [1.29, 1.82) is 0 Å². The third-order valence-electron chi connectivity index (χ3n) is 6.23. The first kappa shape index (κ1) is 13.9. The summed E-state index contributed by atoms with van der Waals surface area (Å²) in [4.78, 5) is 0. The predicted molar refractivity (Wildman–Crippen MR) is 79.1 cm³/mol. The Bertz CT molecular complexity index is 346. The van der Waals surface area contributed by atoms with Crippen LogP contribution in [0.2, 0.25) is 5.31 Å². The minimum Gasteiger partial charge on any atom is -0.403 e. The van der Waals surface area contributed by atoms with Gasteiger partial charge in [-0.2, -0.15) is 0 Å². The van der Waals surface area contributed by atoms with E-state index in [2.05, 4.69) is 34.6 Å².